The van der Waals surface area contributed by atoms with Crippen molar-refractivity contribution >= 4 is 0 Å². The summed E-state index contributed by atoms with van der Waals surface area (Å²) < 4.78 is 38.5. The van der Waals surface area contributed by atoms with E-state index < -0.39 is 18.1 Å². The number of rotatable bonds is 3. The molecule has 2 saturated heterocycles. The number of pyridine rings is 1. The van der Waals surface area contributed by atoms with Gasteiger partial charge in [0.2, 0.25) is 0 Å². The average molecular weight is 335 g/mol. The van der Waals surface area contributed by atoms with Gasteiger partial charge in [0.15, 0.2) is 0 Å². The molecule has 0 spiro atoms. The van der Waals surface area contributed by atoms with Gasteiger partial charge in [-0.2, -0.15) is 18.4 Å². The van der Waals surface area contributed by atoms with Crippen LogP contribution in [0.4, 0.5) is 13.2 Å². The highest BCUT2D eigenvalue weighted by Gasteiger charge is 2.52. The van der Waals surface area contributed by atoms with Crippen LogP contribution >= 0.6 is 0 Å². The number of halogens is 3. The van der Waals surface area contributed by atoms with Gasteiger partial charge in [-0.05, 0) is 55.6 Å². The molecule has 4 rings (SSSR count). The molecule has 2 bridgehead atoms. The normalized spacial score (nSPS) is 33.4. The van der Waals surface area contributed by atoms with E-state index in [2.05, 4.69) is 17.1 Å². The zero-order valence-electron chi connectivity index (χ0n) is 13.4. The molecule has 0 amide bonds. The molecule has 24 heavy (non-hydrogen) atoms. The summed E-state index contributed by atoms with van der Waals surface area (Å²) in [7, 11) is 0. The van der Waals surface area contributed by atoms with E-state index in [4.69, 9.17) is 0 Å². The standard InChI is InChI=1S/C18H20F3N3/c19-18(20,21)11-24-15-3-4-16(24)7-17(6-15,10-22)14-5-13(8-23-9-14)12-1-2-12/h5,8-9,12,15-16H,1-4,6-7,11H2/t15-,16+,17-. The third-order valence-corrected chi connectivity index (χ3v) is 5.88. The van der Waals surface area contributed by atoms with Crippen LogP contribution in [0.2, 0.25) is 0 Å². The first kappa shape index (κ1) is 15.9. The SMILES string of the molecule is N#C[C@@]1(c2cncc(C3CC3)c2)C[C@H]2CC[C@@H](C1)N2CC(F)(F)F. The maximum atomic E-state index is 12.8. The molecule has 3 atom stereocenters. The van der Waals surface area contributed by atoms with Gasteiger partial charge in [0.25, 0.3) is 0 Å². The highest BCUT2D eigenvalue weighted by atomic mass is 19.4. The lowest BCUT2D eigenvalue weighted by Gasteiger charge is -2.43. The number of nitrogens with zero attached hydrogens (tertiary/aromatic N) is 3. The molecule has 0 unspecified atom stereocenters. The summed E-state index contributed by atoms with van der Waals surface area (Å²) in [5.74, 6) is 0.551. The number of piperidine rings is 1. The van der Waals surface area contributed by atoms with Crippen molar-refractivity contribution in [2.24, 2.45) is 0 Å². The first-order valence-corrected chi connectivity index (χ1v) is 8.59. The summed E-state index contributed by atoms with van der Waals surface area (Å²) in [4.78, 5) is 5.90. The second kappa shape index (κ2) is 5.45. The molecule has 1 aliphatic carbocycles. The molecule has 0 N–H and O–H groups in total. The third-order valence-electron chi connectivity index (χ3n) is 5.88. The second-order valence-corrected chi connectivity index (χ2v) is 7.56. The molecule has 3 aliphatic rings. The van der Waals surface area contributed by atoms with Gasteiger partial charge >= 0.3 is 6.18 Å². The van der Waals surface area contributed by atoms with E-state index >= 15 is 0 Å². The summed E-state index contributed by atoms with van der Waals surface area (Å²) in [5.41, 5.74) is 1.39. The van der Waals surface area contributed by atoms with Crippen LogP contribution < -0.4 is 0 Å². The van der Waals surface area contributed by atoms with Gasteiger partial charge in [0, 0.05) is 24.5 Å². The van der Waals surface area contributed by atoms with E-state index in [1.165, 1.54) is 5.56 Å². The number of fused-ring (bicyclic) bond motifs is 2. The molecule has 0 radical (unpaired) electrons. The zero-order chi connectivity index (χ0) is 16.9. The lowest BCUT2D eigenvalue weighted by Crippen LogP contribution is -2.51. The average Bonchev–Trinajstić information content (AvgIpc) is 3.35. The molecule has 1 aromatic heterocycles. The summed E-state index contributed by atoms with van der Waals surface area (Å²) in [6.07, 6.45) is 4.21. The summed E-state index contributed by atoms with van der Waals surface area (Å²) in [5, 5.41) is 9.90. The van der Waals surface area contributed by atoms with E-state index in [0.29, 0.717) is 18.8 Å². The molecule has 0 aromatic carbocycles. The predicted molar refractivity (Wildman–Crippen MR) is 82.3 cm³/mol. The smallest absolute Gasteiger partial charge is 0.289 e. The van der Waals surface area contributed by atoms with Gasteiger partial charge in [0.1, 0.15) is 0 Å². The van der Waals surface area contributed by atoms with Crippen LogP contribution in [0.25, 0.3) is 0 Å². The van der Waals surface area contributed by atoms with Crippen molar-refractivity contribution in [3.05, 3.63) is 29.6 Å². The van der Waals surface area contributed by atoms with Crippen molar-refractivity contribution in [1.29, 1.82) is 5.26 Å². The number of alkyl halides is 3. The second-order valence-electron chi connectivity index (χ2n) is 7.56. The van der Waals surface area contributed by atoms with Crippen LogP contribution in [0.3, 0.4) is 0 Å². The van der Waals surface area contributed by atoms with Crippen molar-refractivity contribution in [2.75, 3.05) is 6.54 Å². The Balaban J connectivity index is 1.61. The Hall–Kier alpha value is -1.61. The Bertz CT molecular complexity index is 661. The third kappa shape index (κ3) is 2.79. The zero-order valence-corrected chi connectivity index (χ0v) is 13.4. The van der Waals surface area contributed by atoms with E-state index in [9.17, 15) is 18.4 Å². The summed E-state index contributed by atoms with van der Waals surface area (Å²) in [6.45, 7) is -0.857. The quantitative estimate of drug-likeness (QED) is 0.841. The van der Waals surface area contributed by atoms with Crippen molar-refractivity contribution < 1.29 is 13.2 Å². The fourth-order valence-electron chi connectivity index (χ4n) is 4.56. The summed E-state index contributed by atoms with van der Waals surface area (Å²) >= 11 is 0. The Labute approximate surface area is 139 Å². The Kier molecular flexibility index (Phi) is 3.61. The van der Waals surface area contributed by atoms with Crippen LogP contribution in [-0.4, -0.2) is 34.7 Å². The molecule has 1 saturated carbocycles. The van der Waals surface area contributed by atoms with Gasteiger partial charge in [-0.3, -0.25) is 9.88 Å². The lowest BCUT2D eigenvalue weighted by atomic mass is 9.71. The monoisotopic (exact) mass is 335 g/mol. The largest absolute Gasteiger partial charge is 0.401 e. The molecule has 2 aliphatic heterocycles. The Morgan fingerprint density at radius 1 is 1.17 bits per heavy atom. The molecule has 3 nitrogen and oxygen atoms in total. The number of nitriles is 1. The molecule has 6 heteroatoms. The highest BCUT2D eigenvalue weighted by Crippen LogP contribution is 2.48. The fourth-order valence-corrected chi connectivity index (χ4v) is 4.56. The molecule has 128 valence electrons. The molecule has 3 heterocycles. The van der Waals surface area contributed by atoms with E-state index in [1.54, 1.807) is 11.1 Å². The predicted octanol–water partition coefficient (Wildman–Crippen LogP) is 3.91. The number of hydrogen-bond donors (Lipinski definition) is 0. The van der Waals surface area contributed by atoms with Gasteiger partial charge in [-0.15, -0.1) is 0 Å². The highest BCUT2D eigenvalue weighted by molar-refractivity contribution is 5.37. The van der Waals surface area contributed by atoms with Crippen LogP contribution in [0.15, 0.2) is 18.5 Å². The Morgan fingerprint density at radius 3 is 2.38 bits per heavy atom. The first-order chi connectivity index (χ1) is 11.4. The first-order valence-electron chi connectivity index (χ1n) is 8.59. The fraction of sp³-hybridized carbons (Fsp3) is 0.667. The van der Waals surface area contributed by atoms with Crippen molar-refractivity contribution in [2.45, 2.75) is 68.1 Å². The van der Waals surface area contributed by atoms with E-state index in [1.807, 2.05) is 6.20 Å². The van der Waals surface area contributed by atoms with Crippen LogP contribution in [-0.2, 0) is 5.41 Å². The lowest BCUT2D eigenvalue weighted by molar-refractivity contribution is -0.156. The maximum Gasteiger partial charge on any atom is 0.401 e. The minimum Gasteiger partial charge on any atom is -0.289 e. The summed E-state index contributed by atoms with van der Waals surface area (Å²) in [6, 6.07) is 4.22. The van der Waals surface area contributed by atoms with Crippen molar-refractivity contribution in [3.63, 3.8) is 0 Å². The van der Waals surface area contributed by atoms with Crippen molar-refractivity contribution in [1.82, 2.24) is 9.88 Å². The van der Waals surface area contributed by atoms with E-state index in [-0.39, 0.29) is 12.1 Å². The topological polar surface area (TPSA) is 39.9 Å². The van der Waals surface area contributed by atoms with Gasteiger partial charge < -0.3 is 0 Å². The molecule has 1 aromatic rings. The van der Waals surface area contributed by atoms with E-state index in [0.717, 1.165) is 31.2 Å². The maximum absolute atomic E-state index is 12.8. The van der Waals surface area contributed by atoms with Crippen LogP contribution in [0, 0.1) is 11.3 Å². The van der Waals surface area contributed by atoms with Crippen molar-refractivity contribution in [3.8, 4) is 6.07 Å². The van der Waals surface area contributed by atoms with Gasteiger partial charge in [-0.25, -0.2) is 0 Å². The van der Waals surface area contributed by atoms with Gasteiger partial charge in [-0.1, -0.05) is 6.07 Å². The Morgan fingerprint density at radius 2 is 1.83 bits per heavy atom. The van der Waals surface area contributed by atoms with Crippen LogP contribution in [0.1, 0.15) is 55.6 Å². The minimum atomic E-state index is -4.18. The van der Waals surface area contributed by atoms with Crippen LogP contribution in [0.5, 0.6) is 0 Å². The number of aromatic nitrogens is 1. The molecular weight excluding hydrogens is 315 g/mol. The minimum absolute atomic E-state index is 0.158. The van der Waals surface area contributed by atoms with Gasteiger partial charge in [0.05, 0.1) is 18.0 Å². The molecule has 3 fully saturated rings. The molecular formula is C18H20F3N3. The number of hydrogen-bond acceptors (Lipinski definition) is 3.